The highest BCUT2D eigenvalue weighted by Gasteiger charge is 2.62. The Hall–Kier alpha value is -0.570. The summed E-state index contributed by atoms with van der Waals surface area (Å²) in [5.74, 6) is 0.596. The summed E-state index contributed by atoms with van der Waals surface area (Å²) < 4.78 is 5.74. The van der Waals surface area contributed by atoms with Crippen LogP contribution in [-0.4, -0.2) is 18.1 Å². The SMILES string of the molecule is CCC(N)CC(=O)OC1CC2CCC1(C)C2(C)C. The first-order valence-corrected chi connectivity index (χ1v) is 7.26. The number of fused-ring (bicyclic) bond motifs is 2. The molecule has 104 valence electrons. The van der Waals surface area contributed by atoms with E-state index in [1.165, 1.54) is 12.8 Å². The topological polar surface area (TPSA) is 52.3 Å². The fourth-order valence-electron chi connectivity index (χ4n) is 3.87. The van der Waals surface area contributed by atoms with E-state index in [0.717, 1.165) is 12.8 Å². The van der Waals surface area contributed by atoms with Crippen molar-refractivity contribution in [2.45, 2.75) is 71.9 Å². The third-order valence-corrected chi connectivity index (χ3v) is 5.94. The molecule has 2 bridgehead atoms. The molecule has 2 aliphatic carbocycles. The average Bonchev–Trinajstić information content (AvgIpc) is 2.61. The van der Waals surface area contributed by atoms with Crippen molar-refractivity contribution >= 4 is 5.97 Å². The van der Waals surface area contributed by atoms with Crippen molar-refractivity contribution in [1.82, 2.24) is 0 Å². The number of hydrogen-bond donors (Lipinski definition) is 1. The number of carbonyl (C=O) groups is 1. The molecule has 0 amide bonds. The van der Waals surface area contributed by atoms with Crippen LogP contribution in [0.4, 0.5) is 0 Å². The maximum absolute atomic E-state index is 11.9. The highest BCUT2D eigenvalue weighted by molar-refractivity contribution is 5.70. The molecule has 0 heterocycles. The minimum absolute atomic E-state index is 0.0584. The molecule has 2 N–H and O–H groups in total. The van der Waals surface area contributed by atoms with Crippen molar-refractivity contribution < 1.29 is 9.53 Å². The Kier molecular flexibility index (Phi) is 3.48. The molecule has 0 aromatic rings. The average molecular weight is 253 g/mol. The third-order valence-electron chi connectivity index (χ3n) is 5.94. The van der Waals surface area contributed by atoms with Gasteiger partial charge in [0.1, 0.15) is 6.10 Å². The van der Waals surface area contributed by atoms with Gasteiger partial charge in [0.25, 0.3) is 0 Å². The molecule has 4 atom stereocenters. The van der Waals surface area contributed by atoms with E-state index in [0.29, 0.717) is 17.8 Å². The lowest BCUT2D eigenvalue weighted by atomic mass is 9.70. The molecule has 3 heteroatoms. The summed E-state index contributed by atoms with van der Waals surface area (Å²) in [6, 6.07) is -0.0584. The molecule has 2 aliphatic rings. The monoisotopic (exact) mass is 253 g/mol. The number of rotatable bonds is 4. The quantitative estimate of drug-likeness (QED) is 0.784. The van der Waals surface area contributed by atoms with E-state index < -0.39 is 0 Å². The number of carbonyl (C=O) groups excluding carboxylic acids is 1. The van der Waals surface area contributed by atoms with Crippen molar-refractivity contribution in [3.05, 3.63) is 0 Å². The number of ether oxygens (including phenoxy) is 1. The van der Waals surface area contributed by atoms with Crippen LogP contribution < -0.4 is 5.73 Å². The fourth-order valence-corrected chi connectivity index (χ4v) is 3.87. The third kappa shape index (κ3) is 1.97. The zero-order valence-corrected chi connectivity index (χ0v) is 12.2. The van der Waals surface area contributed by atoms with Crippen molar-refractivity contribution in [1.29, 1.82) is 0 Å². The van der Waals surface area contributed by atoms with E-state index in [2.05, 4.69) is 20.8 Å². The first kappa shape index (κ1) is 13.9. The summed E-state index contributed by atoms with van der Waals surface area (Å²) in [5.41, 5.74) is 6.26. The molecule has 18 heavy (non-hydrogen) atoms. The second-order valence-corrected chi connectivity index (χ2v) is 6.96. The van der Waals surface area contributed by atoms with Gasteiger partial charge in [-0.3, -0.25) is 4.79 Å². The number of hydrogen-bond acceptors (Lipinski definition) is 3. The van der Waals surface area contributed by atoms with Crippen LogP contribution in [0.1, 0.15) is 59.8 Å². The van der Waals surface area contributed by atoms with E-state index in [1.54, 1.807) is 0 Å². The van der Waals surface area contributed by atoms with Gasteiger partial charge < -0.3 is 10.5 Å². The zero-order chi connectivity index (χ0) is 13.6. The Morgan fingerprint density at radius 3 is 2.56 bits per heavy atom. The summed E-state index contributed by atoms with van der Waals surface area (Å²) in [6.45, 7) is 8.95. The van der Waals surface area contributed by atoms with E-state index in [4.69, 9.17) is 10.5 Å². The van der Waals surface area contributed by atoms with Crippen molar-refractivity contribution in [3.8, 4) is 0 Å². The van der Waals surface area contributed by atoms with Crippen molar-refractivity contribution in [2.24, 2.45) is 22.5 Å². The van der Waals surface area contributed by atoms with E-state index >= 15 is 0 Å². The lowest BCUT2D eigenvalue weighted by Gasteiger charge is -2.38. The Labute approximate surface area is 110 Å². The van der Waals surface area contributed by atoms with E-state index in [9.17, 15) is 4.79 Å². The molecule has 0 aromatic carbocycles. The molecule has 2 rings (SSSR count). The predicted octanol–water partition coefficient (Wildman–Crippen LogP) is 2.87. The molecule has 0 spiro atoms. The minimum Gasteiger partial charge on any atom is -0.462 e. The Balaban J connectivity index is 1.98. The summed E-state index contributed by atoms with van der Waals surface area (Å²) in [6.07, 6.45) is 4.78. The van der Waals surface area contributed by atoms with Crippen LogP contribution in [0.5, 0.6) is 0 Å². The molecule has 0 aliphatic heterocycles. The molecule has 4 unspecified atom stereocenters. The normalized spacial score (nSPS) is 38.7. The molecular weight excluding hydrogens is 226 g/mol. The standard InChI is InChI=1S/C15H27NO2/c1-5-11(16)9-13(17)18-12-8-10-6-7-15(12,4)14(10,2)3/h10-12H,5-9,16H2,1-4H3. The van der Waals surface area contributed by atoms with Gasteiger partial charge in [-0.05, 0) is 37.0 Å². The highest BCUT2D eigenvalue weighted by Crippen LogP contribution is 2.66. The second kappa shape index (κ2) is 4.52. The maximum Gasteiger partial charge on any atom is 0.307 e. The van der Waals surface area contributed by atoms with Gasteiger partial charge in [0, 0.05) is 11.5 Å². The van der Waals surface area contributed by atoms with Gasteiger partial charge in [0.2, 0.25) is 0 Å². The lowest BCUT2D eigenvalue weighted by molar-refractivity contribution is -0.157. The Morgan fingerprint density at radius 2 is 2.11 bits per heavy atom. The molecule has 2 fully saturated rings. The molecule has 0 saturated heterocycles. The van der Waals surface area contributed by atoms with Crippen LogP contribution in [0.15, 0.2) is 0 Å². The summed E-state index contributed by atoms with van der Waals surface area (Å²) >= 11 is 0. The van der Waals surface area contributed by atoms with Crippen LogP contribution in [0.3, 0.4) is 0 Å². The summed E-state index contributed by atoms with van der Waals surface area (Å²) in [4.78, 5) is 11.9. The van der Waals surface area contributed by atoms with Gasteiger partial charge in [-0.25, -0.2) is 0 Å². The number of esters is 1. The van der Waals surface area contributed by atoms with Crippen LogP contribution in [0.2, 0.25) is 0 Å². The smallest absolute Gasteiger partial charge is 0.307 e. The molecule has 2 saturated carbocycles. The van der Waals surface area contributed by atoms with Crippen LogP contribution >= 0.6 is 0 Å². The van der Waals surface area contributed by atoms with Gasteiger partial charge in [0.05, 0.1) is 6.42 Å². The first-order chi connectivity index (χ1) is 8.31. The molecular formula is C15H27NO2. The van der Waals surface area contributed by atoms with Crippen molar-refractivity contribution in [2.75, 3.05) is 0 Å². The Morgan fingerprint density at radius 1 is 1.44 bits per heavy atom. The van der Waals surface area contributed by atoms with Gasteiger partial charge in [-0.15, -0.1) is 0 Å². The van der Waals surface area contributed by atoms with Crippen LogP contribution in [0.25, 0.3) is 0 Å². The molecule has 0 aromatic heterocycles. The van der Waals surface area contributed by atoms with E-state index in [1.807, 2.05) is 6.92 Å². The first-order valence-electron chi connectivity index (χ1n) is 7.26. The van der Waals surface area contributed by atoms with Crippen molar-refractivity contribution in [3.63, 3.8) is 0 Å². The van der Waals surface area contributed by atoms with E-state index in [-0.39, 0.29) is 23.5 Å². The lowest BCUT2D eigenvalue weighted by Crippen LogP contribution is -2.39. The second-order valence-electron chi connectivity index (χ2n) is 6.96. The minimum atomic E-state index is -0.112. The largest absolute Gasteiger partial charge is 0.462 e. The highest BCUT2D eigenvalue weighted by atomic mass is 16.5. The van der Waals surface area contributed by atoms with Gasteiger partial charge in [0.15, 0.2) is 0 Å². The maximum atomic E-state index is 11.9. The Bertz CT molecular complexity index is 339. The summed E-state index contributed by atoms with van der Waals surface area (Å²) in [7, 11) is 0. The zero-order valence-electron chi connectivity index (χ0n) is 12.2. The molecule has 0 radical (unpaired) electrons. The number of nitrogens with two attached hydrogens (primary N) is 1. The molecule has 3 nitrogen and oxygen atoms in total. The van der Waals surface area contributed by atoms with Gasteiger partial charge in [-0.2, -0.15) is 0 Å². The van der Waals surface area contributed by atoms with Crippen LogP contribution in [0, 0.1) is 16.7 Å². The van der Waals surface area contributed by atoms with Gasteiger partial charge in [-0.1, -0.05) is 27.7 Å². The predicted molar refractivity (Wildman–Crippen MR) is 72.0 cm³/mol. The summed E-state index contributed by atoms with van der Waals surface area (Å²) in [5, 5.41) is 0. The fraction of sp³-hybridized carbons (Fsp3) is 0.933. The van der Waals surface area contributed by atoms with Gasteiger partial charge >= 0.3 is 5.97 Å². The van der Waals surface area contributed by atoms with Crippen LogP contribution in [-0.2, 0) is 9.53 Å².